The minimum Gasteiger partial charge on any atom is -0.275 e. The van der Waals surface area contributed by atoms with Gasteiger partial charge in [0.1, 0.15) is 5.82 Å². The summed E-state index contributed by atoms with van der Waals surface area (Å²) in [4.78, 5) is 0. The van der Waals surface area contributed by atoms with E-state index in [4.69, 9.17) is 0 Å². The predicted molar refractivity (Wildman–Crippen MR) is 68.6 cm³/mol. The first kappa shape index (κ1) is 12.2. The third-order valence-corrected chi connectivity index (χ3v) is 2.47. The Morgan fingerprint density at radius 2 is 1.78 bits per heavy atom. The van der Waals surface area contributed by atoms with Crippen molar-refractivity contribution in [2.45, 2.75) is 6.92 Å². The molecule has 0 aromatic heterocycles. The van der Waals surface area contributed by atoms with Gasteiger partial charge in [0.2, 0.25) is 0 Å². The fraction of sp³-hybridized carbons (Fsp3) is 0.0714. The molecule has 0 aliphatic carbocycles. The van der Waals surface area contributed by atoms with Crippen molar-refractivity contribution in [3.8, 4) is 0 Å². The van der Waals surface area contributed by atoms with Crippen LogP contribution in [-0.2, 0) is 0 Å². The Kier molecular flexibility index (Phi) is 3.67. The van der Waals surface area contributed by atoms with Gasteiger partial charge < -0.3 is 0 Å². The van der Waals surface area contributed by atoms with Crippen molar-refractivity contribution in [3.05, 3.63) is 65.7 Å². The van der Waals surface area contributed by atoms with Gasteiger partial charge in [0.15, 0.2) is 5.82 Å². The highest BCUT2D eigenvalue weighted by Crippen LogP contribution is 2.15. The van der Waals surface area contributed by atoms with Crippen molar-refractivity contribution < 1.29 is 8.78 Å². The van der Waals surface area contributed by atoms with Gasteiger partial charge in [0.05, 0.1) is 11.4 Å². The molecule has 0 aliphatic rings. The molecule has 2 nitrogen and oxygen atoms in total. The molecule has 0 aliphatic heterocycles. The van der Waals surface area contributed by atoms with E-state index >= 15 is 0 Å². The van der Waals surface area contributed by atoms with Crippen molar-refractivity contribution >= 4 is 11.4 Å². The first-order valence-corrected chi connectivity index (χ1v) is 5.47. The number of nitrogens with one attached hydrogen (secondary N) is 1. The monoisotopic (exact) mass is 246 g/mol. The Bertz CT molecular complexity index is 565. The molecule has 0 fully saturated rings. The molecule has 2 aromatic carbocycles. The summed E-state index contributed by atoms with van der Waals surface area (Å²) in [7, 11) is 0. The van der Waals surface area contributed by atoms with Crippen molar-refractivity contribution in [1.29, 1.82) is 0 Å². The zero-order chi connectivity index (χ0) is 13.0. The van der Waals surface area contributed by atoms with E-state index in [2.05, 4.69) is 10.5 Å². The molecule has 18 heavy (non-hydrogen) atoms. The fourth-order valence-electron chi connectivity index (χ4n) is 1.47. The van der Waals surface area contributed by atoms with Gasteiger partial charge in [-0.05, 0) is 24.6 Å². The summed E-state index contributed by atoms with van der Waals surface area (Å²) in [5.41, 5.74) is 4.39. The van der Waals surface area contributed by atoms with E-state index in [0.717, 1.165) is 17.3 Å². The maximum atomic E-state index is 13.3. The van der Waals surface area contributed by atoms with Crippen LogP contribution in [-0.4, -0.2) is 5.71 Å². The molecule has 0 atom stereocenters. The third kappa shape index (κ3) is 2.91. The summed E-state index contributed by atoms with van der Waals surface area (Å²) in [5, 5.41) is 4.06. The summed E-state index contributed by atoms with van der Waals surface area (Å²) < 4.78 is 26.0. The summed E-state index contributed by atoms with van der Waals surface area (Å²) in [6, 6.07) is 12.8. The van der Waals surface area contributed by atoms with Gasteiger partial charge in [-0.2, -0.15) is 5.10 Å². The van der Waals surface area contributed by atoms with E-state index in [1.54, 1.807) is 0 Å². The summed E-state index contributed by atoms with van der Waals surface area (Å²) >= 11 is 0. The number of rotatable bonds is 3. The van der Waals surface area contributed by atoms with Crippen LogP contribution in [0.15, 0.2) is 53.6 Å². The number of nitrogens with zero attached hydrogens (tertiary/aromatic N) is 1. The molecule has 0 heterocycles. The SMILES string of the molecule is C/C(=N\Nc1ccc(F)cc1F)c1ccccc1. The minimum atomic E-state index is -0.667. The van der Waals surface area contributed by atoms with E-state index in [9.17, 15) is 8.78 Å². The average molecular weight is 246 g/mol. The van der Waals surface area contributed by atoms with Gasteiger partial charge in [-0.25, -0.2) is 8.78 Å². The van der Waals surface area contributed by atoms with Crippen molar-refractivity contribution in [1.82, 2.24) is 0 Å². The topological polar surface area (TPSA) is 24.4 Å². The molecule has 4 heteroatoms. The van der Waals surface area contributed by atoms with Crippen LogP contribution in [0.5, 0.6) is 0 Å². The number of hydrogen-bond acceptors (Lipinski definition) is 2. The second-order valence-electron chi connectivity index (χ2n) is 3.80. The molecule has 92 valence electrons. The van der Waals surface area contributed by atoms with Crippen molar-refractivity contribution in [3.63, 3.8) is 0 Å². The Morgan fingerprint density at radius 1 is 1.06 bits per heavy atom. The standard InChI is InChI=1S/C14H12F2N2/c1-10(11-5-3-2-4-6-11)17-18-14-8-7-12(15)9-13(14)16/h2-9,18H,1H3/b17-10+. The van der Waals surface area contributed by atoms with Crippen LogP contribution < -0.4 is 5.43 Å². The highest BCUT2D eigenvalue weighted by atomic mass is 19.1. The number of hydrogen-bond donors (Lipinski definition) is 1. The Labute approximate surface area is 104 Å². The molecule has 0 bridgehead atoms. The first-order valence-electron chi connectivity index (χ1n) is 5.47. The molecule has 0 saturated carbocycles. The maximum Gasteiger partial charge on any atom is 0.151 e. The van der Waals surface area contributed by atoms with Crippen LogP contribution in [0.25, 0.3) is 0 Å². The lowest BCUT2D eigenvalue weighted by Gasteiger charge is -2.04. The Morgan fingerprint density at radius 3 is 2.44 bits per heavy atom. The molecule has 2 rings (SSSR count). The Balaban J connectivity index is 2.15. The molecule has 0 radical (unpaired) electrons. The quantitative estimate of drug-likeness (QED) is 0.646. The first-order chi connectivity index (χ1) is 8.66. The van der Waals surface area contributed by atoms with Gasteiger partial charge in [0.25, 0.3) is 0 Å². The number of anilines is 1. The Hall–Kier alpha value is -2.23. The summed E-state index contributed by atoms with van der Waals surface area (Å²) in [6.45, 7) is 1.81. The second kappa shape index (κ2) is 5.40. The van der Waals surface area contributed by atoms with Crippen LogP contribution in [0.2, 0.25) is 0 Å². The lowest BCUT2D eigenvalue weighted by Crippen LogP contribution is -2.00. The molecule has 0 amide bonds. The lowest BCUT2D eigenvalue weighted by atomic mass is 10.1. The van der Waals surface area contributed by atoms with Gasteiger partial charge >= 0.3 is 0 Å². The zero-order valence-electron chi connectivity index (χ0n) is 9.82. The van der Waals surface area contributed by atoms with Crippen LogP contribution >= 0.6 is 0 Å². The summed E-state index contributed by atoms with van der Waals surface area (Å²) in [6.07, 6.45) is 0. The average Bonchev–Trinajstić information content (AvgIpc) is 2.38. The van der Waals surface area contributed by atoms with Gasteiger partial charge in [-0.1, -0.05) is 30.3 Å². The van der Waals surface area contributed by atoms with E-state index < -0.39 is 11.6 Å². The van der Waals surface area contributed by atoms with Gasteiger partial charge in [-0.3, -0.25) is 5.43 Å². The van der Waals surface area contributed by atoms with Crippen LogP contribution in [0.3, 0.4) is 0 Å². The lowest BCUT2D eigenvalue weighted by molar-refractivity contribution is 0.585. The molecule has 0 saturated heterocycles. The molecule has 0 spiro atoms. The van der Waals surface area contributed by atoms with Gasteiger partial charge in [0, 0.05) is 6.07 Å². The zero-order valence-corrected chi connectivity index (χ0v) is 9.82. The van der Waals surface area contributed by atoms with E-state index in [-0.39, 0.29) is 5.69 Å². The molecule has 2 aromatic rings. The smallest absolute Gasteiger partial charge is 0.151 e. The summed E-state index contributed by atoms with van der Waals surface area (Å²) in [5.74, 6) is -1.28. The fourth-order valence-corrected chi connectivity index (χ4v) is 1.47. The third-order valence-electron chi connectivity index (χ3n) is 2.47. The highest BCUT2D eigenvalue weighted by molar-refractivity contribution is 5.99. The van der Waals surface area contributed by atoms with Crippen molar-refractivity contribution in [2.24, 2.45) is 5.10 Å². The van der Waals surface area contributed by atoms with Crippen LogP contribution in [0, 0.1) is 11.6 Å². The highest BCUT2D eigenvalue weighted by Gasteiger charge is 2.02. The van der Waals surface area contributed by atoms with Crippen molar-refractivity contribution in [2.75, 3.05) is 5.43 Å². The van der Waals surface area contributed by atoms with E-state index in [1.165, 1.54) is 12.1 Å². The second-order valence-corrected chi connectivity index (χ2v) is 3.80. The van der Waals surface area contributed by atoms with Crippen LogP contribution in [0.4, 0.5) is 14.5 Å². The largest absolute Gasteiger partial charge is 0.275 e. The normalized spacial score (nSPS) is 11.4. The maximum absolute atomic E-state index is 13.3. The van der Waals surface area contributed by atoms with Gasteiger partial charge in [-0.15, -0.1) is 0 Å². The number of halogens is 2. The molecule has 1 N–H and O–H groups in total. The van der Waals surface area contributed by atoms with Crippen LogP contribution in [0.1, 0.15) is 12.5 Å². The number of hydrazone groups is 1. The predicted octanol–water partition coefficient (Wildman–Crippen LogP) is 3.80. The molecular weight excluding hydrogens is 234 g/mol. The minimum absolute atomic E-state index is 0.145. The molecule has 0 unspecified atom stereocenters. The molecular formula is C14H12F2N2. The van der Waals surface area contributed by atoms with E-state index in [1.807, 2.05) is 37.3 Å². The number of benzene rings is 2. The van der Waals surface area contributed by atoms with E-state index in [0.29, 0.717) is 0 Å².